The molecule has 3 rings (SSSR count). The van der Waals surface area contributed by atoms with Gasteiger partial charge < -0.3 is 24.8 Å². The van der Waals surface area contributed by atoms with Crippen molar-refractivity contribution in [1.29, 1.82) is 0 Å². The Labute approximate surface area is 186 Å². The number of anilines is 1. The number of rotatable bonds is 8. The van der Waals surface area contributed by atoms with Gasteiger partial charge in [0.2, 0.25) is 5.91 Å². The fraction of sp³-hybridized carbons (Fsp3) is 0.696. The molecule has 3 heterocycles. The minimum atomic E-state index is 0.185. The van der Waals surface area contributed by atoms with E-state index in [1.165, 1.54) is 0 Å². The molecule has 8 heteroatoms. The highest BCUT2D eigenvalue weighted by atomic mass is 16.5. The smallest absolute Gasteiger partial charge is 0.224 e. The number of amides is 1. The number of hydrogen-bond acceptors (Lipinski definition) is 5. The molecule has 1 amide bonds. The zero-order valence-corrected chi connectivity index (χ0v) is 19.1. The van der Waals surface area contributed by atoms with Gasteiger partial charge in [0.25, 0.3) is 0 Å². The fourth-order valence-electron chi connectivity index (χ4n) is 4.13. The lowest BCUT2D eigenvalue weighted by Crippen LogP contribution is -2.49. The van der Waals surface area contributed by atoms with Crippen LogP contribution < -0.4 is 10.2 Å². The molecule has 0 spiro atoms. The Morgan fingerprint density at radius 2 is 2.03 bits per heavy atom. The highest BCUT2D eigenvalue weighted by Crippen LogP contribution is 2.18. The summed E-state index contributed by atoms with van der Waals surface area (Å²) in [6, 6.07) is 5.95. The maximum atomic E-state index is 12.7. The van der Waals surface area contributed by atoms with E-state index in [4.69, 9.17) is 9.73 Å². The SMILES string of the molecule is CCNC(=NCCC(=O)N1CCN(c2ccccn2)CC1)N(C)CCC1CCOCC1. The molecule has 0 unspecified atom stereocenters. The van der Waals surface area contributed by atoms with Crippen molar-refractivity contribution >= 4 is 17.7 Å². The molecule has 31 heavy (non-hydrogen) atoms. The summed E-state index contributed by atoms with van der Waals surface area (Å²) < 4.78 is 5.46. The number of aliphatic imine (C=N–C) groups is 1. The van der Waals surface area contributed by atoms with Gasteiger partial charge in [0, 0.05) is 72.1 Å². The third kappa shape index (κ3) is 7.38. The number of nitrogens with one attached hydrogen (secondary N) is 1. The van der Waals surface area contributed by atoms with Gasteiger partial charge in [0.1, 0.15) is 5.82 Å². The van der Waals surface area contributed by atoms with Gasteiger partial charge in [-0.1, -0.05) is 6.07 Å². The highest BCUT2D eigenvalue weighted by molar-refractivity contribution is 5.81. The molecule has 0 saturated carbocycles. The van der Waals surface area contributed by atoms with E-state index in [9.17, 15) is 4.79 Å². The normalized spacial score (nSPS) is 18.2. The summed E-state index contributed by atoms with van der Waals surface area (Å²) >= 11 is 0. The van der Waals surface area contributed by atoms with Gasteiger partial charge in [-0.05, 0) is 44.2 Å². The van der Waals surface area contributed by atoms with Crippen LogP contribution in [0.3, 0.4) is 0 Å². The third-order valence-electron chi connectivity index (χ3n) is 6.10. The summed E-state index contributed by atoms with van der Waals surface area (Å²) in [5, 5.41) is 3.36. The van der Waals surface area contributed by atoms with Crippen molar-refractivity contribution in [2.24, 2.45) is 10.9 Å². The van der Waals surface area contributed by atoms with Gasteiger partial charge in [0.05, 0.1) is 6.54 Å². The van der Waals surface area contributed by atoms with Crippen molar-refractivity contribution in [2.45, 2.75) is 32.6 Å². The zero-order chi connectivity index (χ0) is 21.9. The number of carbonyl (C=O) groups is 1. The topological polar surface area (TPSA) is 73.3 Å². The van der Waals surface area contributed by atoms with Crippen LogP contribution in [0.15, 0.2) is 29.4 Å². The predicted molar refractivity (Wildman–Crippen MR) is 124 cm³/mol. The maximum Gasteiger partial charge on any atom is 0.224 e. The summed E-state index contributed by atoms with van der Waals surface area (Å²) in [6.07, 6.45) is 5.73. The van der Waals surface area contributed by atoms with Crippen LogP contribution in [0, 0.1) is 5.92 Å². The molecule has 1 aromatic heterocycles. The first-order valence-electron chi connectivity index (χ1n) is 11.7. The zero-order valence-electron chi connectivity index (χ0n) is 19.1. The lowest BCUT2D eigenvalue weighted by atomic mass is 9.96. The van der Waals surface area contributed by atoms with Crippen LogP contribution in [0.4, 0.5) is 5.82 Å². The van der Waals surface area contributed by atoms with Crippen LogP contribution in [-0.2, 0) is 9.53 Å². The van der Waals surface area contributed by atoms with Gasteiger partial charge >= 0.3 is 0 Å². The van der Waals surface area contributed by atoms with Crippen molar-refractivity contribution in [3.63, 3.8) is 0 Å². The fourth-order valence-corrected chi connectivity index (χ4v) is 4.13. The first-order valence-corrected chi connectivity index (χ1v) is 11.7. The van der Waals surface area contributed by atoms with Crippen molar-refractivity contribution in [3.05, 3.63) is 24.4 Å². The number of carbonyl (C=O) groups excluding carboxylic acids is 1. The van der Waals surface area contributed by atoms with Gasteiger partial charge in [0.15, 0.2) is 5.96 Å². The average Bonchev–Trinajstić information content (AvgIpc) is 2.83. The summed E-state index contributed by atoms with van der Waals surface area (Å²) in [6.45, 7) is 9.30. The van der Waals surface area contributed by atoms with Crippen molar-refractivity contribution in [1.82, 2.24) is 20.1 Å². The first kappa shape index (κ1) is 23.3. The Kier molecular flexibility index (Phi) is 9.39. The Bertz CT molecular complexity index is 685. The number of nitrogens with zero attached hydrogens (tertiary/aromatic N) is 5. The highest BCUT2D eigenvalue weighted by Gasteiger charge is 2.21. The molecule has 8 nitrogen and oxygen atoms in total. The van der Waals surface area contributed by atoms with Gasteiger partial charge in [-0.25, -0.2) is 4.98 Å². The Hall–Kier alpha value is -2.35. The second-order valence-corrected chi connectivity index (χ2v) is 8.31. The van der Waals surface area contributed by atoms with Crippen LogP contribution in [0.1, 0.15) is 32.6 Å². The molecule has 0 aromatic carbocycles. The van der Waals surface area contributed by atoms with Gasteiger partial charge in [-0.2, -0.15) is 0 Å². The molecule has 2 aliphatic heterocycles. The molecule has 1 aromatic rings. The Morgan fingerprint density at radius 3 is 2.71 bits per heavy atom. The number of piperazine rings is 1. The number of ether oxygens (including phenoxy) is 1. The van der Waals surface area contributed by atoms with E-state index in [1.807, 2.05) is 29.3 Å². The summed E-state index contributed by atoms with van der Waals surface area (Å²) in [5.41, 5.74) is 0. The van der Waals surface area contributed by atoms with E-state index in [0.717, 1.165) is 89.4 Å². The van der Waals surface area contributed by atoms with Crippen molar-refractivity contribution < 1.29 is 9.53 Å². The first-order chi connectivity index (χ1) is 15.2. The number of aromatic nitrogens is 1. The largest absolute Gasteiger partial charge is 0.381 e. The van der Waals surface area contributed by atoms with Crippen LogP contribution >= 0.6 is 0 Å². The Balaban J connectivity index is 1.40. The second-order valence-electron chi connectivity index (χ2n) is 8.31. The number of hydrogen-bond donors (Lipinski definition) is 1. The van der Waals surface area contributed by atoms with E-state index in [0.29, 0.717) is 13.0 Å². The molecule has 0 atom stereocenters. The molecule has 0 aliphatic carbocycles. The van der Waals surface area contributed by atoms with Crippen molar-refractivity contribution in [3.8, 4) is 0 Å². The lowest BCUT2D eigenvalue weighted by molar-refractivity contribution is -0.131. The summed E-state index contributed by atoms with van der Waals surface area (Å²) in [4.78, 5) is 28.2. The van der Waals surface area contributed by atoms with Gasteiger partial charge in [-0.15, -0.1) is 0 Å². The van der Waals surface area contributed by atoms with E-state index >= 15 is 0 Å². The van der Waals surface area contributed by atoms with E-state index in [2.05, 4.69) is 34.1 Å². The molecule has 0 radical (unpaired) electrons. The van der Waals surface area contributed by atoms with Crippen molar-refractivity contribution in [2.75, 3.05) is 71.0 Å². The van der Waals surface area contributed by atoms with Crippen LogP contribution in [0.5, 0.6) is 0 Å². The second kappa shape index (κ2) is 12.5. The van der Waals surface area contributed by atoms with E-state index < -0.39 is 0 Å². The van der Waals surface area contributed by atoms with Crippen LogP contribution in [0.2, 0.25) is 0 Å². The molecular formula is C23H38N6O2. The molecule has 0 bridgehead atoms. The maximum absolute atomic E-state index is 12.7. The lowest BCUT2D eigenvalue weighted by Gasteiger charge is -2.35. The minimum Gasteiger partial charge on any atom is -0.381 e. The number of pyridine rings is 1. The standard InChI is InChI=1S/C23H38N6O2/c1-3-24-23(27(2)13-8-20-9-18-31-19-10-20)26-12-7-22(30)29-16-14-28(15-17-29)21-6-4-5-11-25-21/h4-6,11,20H,3,7-10,12-19H2,1-2H3,(H,24,26). The van der Waals surface area contributed by atoms with E-state index in [-0.39, 0.29) is 5.91 Å². The predicted octanol–water partition coefficient (Wildman–Crippen LogP) is 1.83. The average molecular weight is 431 g/mol. The minimum absolute atomic E-state index is 0.185. The molecule has 2 fully saturated rings. The monoisotopic (exact) mass is 430 g/mol. The van der Waals surface area contributed by atoms with Gasteiger partial charge in [-0.3, -0.25) is 9.79 Å². The Morgan fingerprint density at radius 1 is 1.26 bits per heavy atom. The number of guanidine groups is 1. The summed E-state index contributed by atoms with van der Waals surface area (Å²) in [5.74, 6) is 2.80. The quantitative estimate of drug-likeness (QED) is 0.501. The van der Waals surface area contributed by atoms with Crippen LogP contribution in [-0.4, -0.2) is 92.7 Å². The molecule has 172 valence electrons. The third-order valence-corrected chi connectivity index (χ3v) is 6.10. The molecule has 1 N–H and O–H groups in total. The van der Waals surface area contributed by atoms with E-state index in [1.54, 1.807) is 0 Å². The molecule has 2 aliphatic rings. The molecule has 2 saturated heterocycles. The molecular weight excluding hydrogens is 392 g/mol. The summed E-state index contributed by atoms with van der Waals surface area (Å²) in [7, 11) is 2.08. The van der Waals surface area contributed by atoms with Crippen LogP contribution in [0.25, 0.3) is 0 Å².